The molecule has 0 bridgehead atoms. The molecule has 0 aliphatic carbocycles. The third-order valence-corrected chi connectivity index (χ3v) is 4.83. The molecule has 0 aromatic heterocycles. The van der Waals surface area contributed by atoms with Crippen molar-refractivity contribution in [1.82, 2.24) is 10.6 Å². The van der Waals surface area contributed by atoms with E-state index in [4.69, 9.17) is 9.73 Å². The Morgan fingerprint density at radius 2 is 1.97 bits per heavy atom. The van der Waals surface area contributed by atoms with Crippen LogP contribution in [0.25, 0.3) is 0 Å². The molecule has 0 spiro atoms. The lowest BCUT2D eigenvalue weighted by Crippen LogP contribution is -2.39. The van der Waals surface area contributed by atoms with E-state index in [0.29, 0.717) is 25.4 Å². The van der Waals surface area contributed by atoms with Crippen LogP contribution in [0.15, 0.2) is 52.4 Å². The number of amides is 1. The standard InChI is InChI=1S/C22H30N4O2S.HI/c1-5-23-22(25-15-18-10-9-16(2)13-21(18)29-4)24-11-12-28-20-8-6-7-19(14-20)26-17(3)27;/h6-10,13-14H,5,11-12,15H2,1-4H3,(H,26,27)(H2,23,24,25);1H. The maximum atomic E-state index is 11.2. The summed E-state index contributed by atoms with van der Waals surface area (Å²) in [7, 11) is 0. The minimum Gasteiger partial charge on any atom is -0.492 e. The van der Waals surface area contributed by atoms with Crippen LogP contribution in [-0.2, 0) is 11.3 Å². The molecule has 0 fully saturated rings. The number of aliphatic imine (C=N–C) groups is 1. The molecule has 0 aliphatic heterocycles. The molecule has 164 valence electrons. The Balaban J connectivity index is 0.00000450. The Morgan fingerprint density at radius 3 is 2.67 bits per heavy atom. The van der Waals surface area contributed by atoms with Gasteiger partial charge in [0.1, 0.15) is 12.4 Å². The first-order chi connectivity index (χ1) is 14.0. The Bertz CT molecular complexity index is 846. The Kier molecular flexibility index (Phi) is 12.3. The van der Waals surface area contributed by atoms with E-state index in [1.807, 2.05) is 31.2 Å². The third-order valence-electron chi connectivity index (χ3n) is 4.01. The number of benzene rings is 2. The zero-order valence-corrected chi connectivity index (χ0v) is 21.1. The summed E-state index contributed by atoms with van der Waals surface area (Å²) in [5.41, 5.74) is 3.19. The topological polar surface area (TPSA) is 74.8 Å². The van der Waals surface area contributed by atoms with Gasteiger partial charge in [-0.2, -0.15) is 0 Å². The van der Waals surface area contributed by atoms with Crippen molar-refractivity contribution in [2.45, 2.75) is 32.2 Å². The Morgan fingerprint density at radius 1 is 1.17 bits per heavy atom. The number of aryl methyl sites for hydroxylation is 1. The molecule has 3 N–H and O–H groups in total. The number of nitrogens with one attached hydrogen (secondary N) is 3. The summed E-state index contributed by atoms with van der Waals surface area (Å²) in [6, 6.07) is 13.8. The minimum atomic E-state index is -0.103. The van der Waals surface area contributed by atoms with Gasteiger partial charge >= 0.3 is 0 Å². The lowest BCUT2D eigenvalue weighted by Gasteiger charge is -2.13. The van der Waals surface area contributed by atoms with E-state index in [1.165, 1.54) is 22.9 Å². The summed E-state index contributed by atoms with van der Waals surface area (Å²) in [4.78, 5) is 17.1. The van der Waals surface area contributed by atoms with E-state index in [-0.39, 0.29) is 29.9 Å². The lowest BCUT2D eigenvalue weighted by atomic mass is 10.1. The zero-order valence-electron chi connectivity index (χ0n) is 18.0. The van der Waals surface area contributed by atoms with E-state index in [1.54, 1.807) is 11.8 Å². The fourth-order valence-electron chi connectivity index (χ4n) is 2.69. The van der Waals surface area contributed by atoms with Crippen LogP contribution in [0.3, 0.4) is 0 Å². The van der Waals surface area contributed by atoms with Crippen molar-refractivity contribution >= 4 is 53.3 Å². The van der Waals surface area contributed by atoms with Crippen LogP contribution in [0, 0.1) is 6.92 Å². The number of carbonyl (C=O) groups is 1. The monoisotopic (exact) mass is 542 g/mol. The number of nitrogens with zero attached hydrogens (tertiary/aromatic N) is 1. The molecule has 0 heterocycles. The predicted octanol–water partition coefficient (Wildman–Crippen LogP) is 4.43. The first kappa shape index (κ1) is 26.1. The summed E-state index contributed by atoms with van der Waals surface area (Å²) in [5, 5.41) is 9.30. The van der Waals surface area contributed by atoms with Gasteiger partial charge in [-0.15, -0.1) is 35.7 Å². The second kappa shape index (κ2) is 14.1. The molecule has 0 unspecified atom stereocenters. The van der Waals surface area contributed by atoms with E-state index >= 15 is 0 Å². The van der Waals surface area contributed by atoms with Gasteiger partial charge in [0.25, 0.3) is 0 Å². The summed E-state index contributed by atoms with van der Waals surface area (Å²) < 4.78 is 5.77. The molecule has 2 rings (SSSR count). The Hall–Kier alpha value is -1.94. The summed E-state index contributed by atoms with van der Waals surface area (Å²) in [6.45, 7) is 8.12. The van der Waals surface area contributed by atoms with E-state index < -0.39 is 0 Å². The zero-order chi connectivity index (χ0) is 21.1. The molecule has 30 heavy (non-hydrogen) atoms. The predicted molar refractivity (Wildman–Crippen MR) is 137 cm³/mol. The van der Waals surface area contributed by atoms with Crippen molar-refractivity contribution in [2.24, 2.45) is 4.99 Å². The van der Waals surface area contributed by atoms with Crippen LogP contribution < -0.4 is 20.7 Å². The molecular formula is C22H31IN4O2S. The second-order valence-corrected chi connectivity index (χ2v) is 7.34. The van der Waals surface area contributed by atoms with Crippen LogP contribution >= 0.6 is 35.7 Å². The molecule has 0 atom stereocenters. The number of halogens is 1. The average molecular weight is 542 g/mol. The van der Waals surface area contributed by atoms with Crippen molar-refractivity contribution in [3.8, 4) is 5.75 Å². The summed E-state index contributed by atoms with van der Waals surface area (Å²) in [5.74, 6) is 1.37. The van der Waals surface area contributed by atoms with Crippen LogP contribution in [-0.4, -0.2) is 37.8 Å². The van der Waals surface area contributed by atoms with Gasteiger partial charge in [0.05, 0.1) is 13.1 Å². The first-order valence-corrected chi connectivity index (χ1v) is 10.9. The number of guanidine groups is 1. The van der Waals surface area contributed by atoms with Gasteiger partial charge in [-0.25, -0.2) is 4.99 Å². The fourth-order valence-corrected chi connectivity index (χ4v) is 3.39. The highest BCUT2D eigenvalue weighted by Gasteiger charge is 2.03. The SMILES string of the molecule is CCNC(=NCc1ccc(C)cc1SC)NCCOc1cccc(NC(C)=O)c1.I. The molecule has 6 nitrogen and oxygen atoms in total. The van der Waals surface area contributed by atoms with Crippen LogP contribution in [0.2, 0.25) is 0 Å². The molecule has 1 amide bonds. The first-order valence-electron chi connectivity index (χ1n) is 9.68. The van der Waals surface area contributed by atoms with Gasteiger partial charge < -0.3 is 20.7 Å². The molecule has 0 aliphatic rings. The number of ether oxygens (including phenoxy) is 1. The highest BCUT2D eigenvalue weighted by Crippen LogP contribution is 2.22. The van der Waals surface area contributed by atoms with Crippen molar-refractivity contribution in [2.75, 3.05) is 31.3 Å². The molecule has 2 aromatic rings. The molecule has 0 radical (unpaired) electrons. The summed E-state index contributed by atoms with van der Waals surface area (Å²) in [6.07, 6.45) is 2.09. The number of carbonyl (C=O) groups excluding carboxylic acids is 1. The van der Waals surface area contributed by atoms with Crippen molar-refractivity contribution in [3.05, 3.63) is 53.6 Å². The third kappa shape index (κ3) is 9.25. The maximum Gasteiger partial charge on any atom is 0.221 e. The molecule has 2 aromatic carbocycles. The van der Waals surface area contributed by atoms with Gasteiger partial charge in [0.15, 0.2) is 5.96 Å². The second-order valence-electron chi connectivity index (χ2n) is 6.49. The van der Waals surface area contributed by atoms with Gasteiger partial charge in [-0.05, 0) is 49.4 Å². The van der Waals surface area contributed by atoms with E-state index in [0.717, 1.165) is 18.2 Å². The van der Waals surface area contributed by atoms with Crippen molar-refractivity contribution < 1.29 is 9.53 Å². The lowest BCUT2D eigenvalue weighted by molar-refractivity contribution is -0.114. The molecule has 8 heteroatoms. The van der Waals surface area contributed by atoms with Gasteiger partial charge in [0.2, 0.25) is 5.91 Å². The van der Waals surface area contributed by atoms with Gasteiger partial charge in [0, 0.05) is 30.1 Å². The van der Waals surface area contributed by atoms with Crippen LogP contribution in [0.4, 0.5) is 5.69 Å². The number of rotatable bonds is 9. The summed E-state index contributed by atoms with van der Waals surface area (Å²) >= 11 is 1.74. The number of anilines is 1. The fraction of sp³-hybridized carbons (Fsp3) is 0.364. The largest absolute Gasteiger partial charge is 0.492 e. The van der Waals surface area contributed by atoms with Crippen LogP contribution in [0.5, 0.6) is 5.75 Å². The highest BCUT2D eigenvalue weighted by atomic mass is 127. The highest BCUT2D eigenvalue weighted by molar-refractivity contribution is 14.0. The minimum absolute atomic E-state index is 0. The number of hydrogen-bond acceptors (Lipinski definition) is 4. The average Bonchev–Trinajstić information content (AvgIpc) is 2.69. The smallest absolute Gasteiger partial charge is 0.221 e. The van der Waals surface area contributed by atoms with Crippen molar-refractivity contribution in [3.63, 3.8) is 0 Å². The molecular weight excluding hydrogens is 511 g/mol. The van der Waals surface area contributed by atoms with E-state index in [9.17, 15) is 4.79 Å². The van der Waals surface area contributed by atoms with Crippen LogP contribution in [0.1, 0.15) is 25.0 Å². The van der Waals surface area contributed by atoms with Crippen molar-refractivity contribution in [1.29, 1.82) is 0 Å². The Labute approximate surface area is 200 Å². The van der Waals surface area contributed by atoms with Gasteiger partial charge in [-0.3, -0.25) is 4.79 Å². The number of hydrogen-bond donors (Lipinski definition) is 3. The van der Waals surface area contributed by atoms with E-state index in [2.05, 4.69) is 47.3 Å². The normalized spacial score (nSPS) is 10.7. The molecule has 0 saturated heterocycles. The maximum absolute atomic E-state index is 11.2. The number of thioether (sulfide) groups is 1. The quantitative estimate of drug-likeness (QED) is 0.144. The van der Waals surface area contributed by atoms with Gasteiger partial charge in [-0.1, -0.05) is 18.2 Å². The molecule has 0 saturated carbocycles.